The maximum atomic E-state index is 13.9. The number of rotatable bonds is 2. The van der Waals surface area contributed by atoms with E-state index in [2.05, 4.69) is 0 Å². The number of hydrogen-bond donors (Lipinski definition) is 2. The molecule has 21 heavy (non-hydrogen) atoms. The second-order valence-corrected chi connectivity index (χ2v) is 5.20. The van der Waals surface area contributed by atoms with E-state index in [1.165, 1.54) is 11.6 Å². The number of carbonyl (C=O) groups excluding carboxylic acids is 1. The van der Waals surface area contributed by atoms with Gasteiger partial charge in [0.25, 0.3) is 5.91 Å². The Hall–Kier alpha value is -2.56. The zero-order valence-corrected chi connectivity index (χ0v) is 11.5. The van der Waals surface area contributed by atoms with Crippen LogP contribution in [0.15, 0.2) is 36.4 Å². The number of benzene rings is 2. The van der Waals surface area contributed by atoms with E-state index < -0.39 is 11.7 Å². The Morgan fingerprint density at radius 1 is 1.19 bits per heavy atom. The normalized spacial score (nSPS) is 13.9. The van der Waals surface area contributed by atoms with E-state index in [4.69, 9.17) is 11.5 Å². The summed E-state index contributed by atoms with van der Waals surface area (Å²) < 4.78 is 13.9. The monoisotopic (exact) mass is 285 g/mol. The smallest absolute Gasteiger partial charge is 0.253 e. The first-order valence-corrected chi connectivity index (χ1v) is 6.77. The van der Waals surface area contributed by atoms with Gasteiger partial charge in [0.05, 0.1) is 11.3 Å². The van der Waals surface area contributed by atoms with Gasteiger partial charge >= 0.3 is 0 Å². The average Bonchev–Trinajstić information content (AvgIpc) is 2.45. The van der Waals surface area contributed by atoms with Crippen molar-refractivity contribution >= 4 is 17.3 Å². The van der Waals surface area contributed by atoms with Gasteiger partial charge in [0, 0.05) is 18.8 Å². The molecule has 2 aromatic rings. The van der Waals surface area contributed by atoms with E-state index in [-0.39, 0.29) is 5.56 Å². The fourth-order valence-corrected chi connectivity index (χ4v) is 2.80. The van der Waals surface area contributed by atoms with Gasteiger partial charge in [-0.15, -0.1) is 0 Å². The number of nitrogens with two attached hydrogens (primary N) is 2. The lowest BCUT2D eigenvalue weighted by molar-refractivity contribution is 0.0997. The fourth-order valence-electron chi connectivity index (χ4n) is 2.80. The number of nitrogens with zero attached hydrogens (tertiary/aromatic N) is 1. The zero-order chi connectivity index (χ0) is 15.0. The number of fused-ring (bicyclic) bond motifs is 1. The first-order chi connectivity index (χ1) is 10.1. The Morgan fingerprint density at radius 3 is 2.76 bits per heavy atom. The molecule has 0 spiro atoms. The number of carbonyl (C=O) groups is 1. The van der Waals surface area contributed by atoms with Crippen LogP contribution < -0.4 is 16.4 Å². The standard InChI is InChI=1S/C16H16FN3O/c17-13-2-1-3-14(15(13)16(19)21)20-7-6-10-4-5-12(18)8-11(10)9-20/h1-5,8H,6-7,9,18H2,(H2,19,21). The molecular weight excluding hydrogens is 269 g/mol. The second kappa shape index (κ2) is 5.09. The maximum absolute atomic E-state index is 13.9. The molecule has 0 fully saturated rings. The third-order valence-corrected chi connectivity index (χ3v) is 3.82. The summed E-state index contributed by atoms with van der Waals surface area (Å²) >= 11 is 0. The molecule has 2 aromatic carbocycles. The van der Waals surface area contributed by atoms with Crippen LogP contribution in [-0.2, 0) is 13.0 Å². The van der Waals surface area contributed by atoms with Crippen LogP contribution in [0.5, 0.6) is 0 Å². The highest BCUT2D eigenvalue weighted by molar-refractivity contribution is 5.99. The molecule has 1 aliphatic rings. The van der Waals surface area contributed by atoms with Crippen LogP contribution in [0.4, 0.5) is 15.8 Å². The lowest BCUT2D eigenvalue weighted by Crippen LogP contribution is -2.32. The van der Waals surface area contributed by atoms with Crippen LogP contribution in [0.2, 0.25) is 0 Å². The first-order valence-electron chi connectivity index (χ1n) is 6.77. The molecule has 0 unspecified atom stereocenters. The minimum Gasteiger partial charge on any atom is -0.399 e. The van der Waals surface area contributed by atoms with Crippen molar-refractivity contribution in [1.29, 1.82) is 0 Å². The van der Waals surface area contributed by atoms with Gasteiger partial charge in [0.1, 0.15) is 5.82 Å². The molecule has 0 atom stereocenters. The highest BCUT2D eigenvalue weighted by Crippen LogP contribution is 2.29. The van der Waals surface area contributed by atoms with Gasteiger partial charge in [0.2, 0.25) is 0 Å². The number of nitrogen functional groups attached to an aromatic ring is 1. The van der Waals surface area contributed by atoms with Crippen molar-refractivity contribution in [1.82, 2.24) is 0 Å². The summed E-state index contributed by atoms with van der Waals surface area (Å²) in [4.78, 5) is 13.5. The van der Waals surface area contributed by atoms with Crippen molar-refractivity contribution < 1.29 is 9.18 Å². The molecule has 0 saturated heterocycles. The lowest BCUT2D eigenvalue weighted by atomic mass is 9.98. The fraction of sp³-hybridized carbons (Fsp3) is 0.188. The number of anilines is 2. The average molecular weight is 285 g/mol. The molecule has 0 aliphatic carbocycles. The minimum absolute atomic E-state index is 0.0511. The molecule has 108 valence electrons. The van der Waals surface area contributed by atoms with Gasteiger partial charge in [-0.3, -0.25) is 4.79 Å². The topological polar surface area (TPSA) is 72.4 Å². The van der Waals surface area contributed by atoms with Gasteiger partial charge in [-0.1, -0.05) is 12.1 Å². The highest BCUT2D eigenvalue weighted by atomic mass is 19.1. The summed E-state index contributed by atoms with van der Waals surface area (Å²) in [6, 6.07) is 10.4. The molecule has 0 saturated carbocycles. The third-order valence-electron chi connectivity index (χ3n) is 3.82. The van der Waals surface area contributed by atoms with Gasteiger partial charge in [-0.05, 0) is 41.8 Å². The van der Waals surface area contributed by atoms with E-state index in [0.29, 0.717) is 24.5 Å². The van der Waals surface area contributed by atoms with Crippen molar-refractivity contribution in [3.63, 3.8) is 0 Å². The first kappa shape index (κ1) is 13.4. The number of primary amides is 1. The third kappa shape index (κ3) is 2.42. The second-order valence-electron chi connectivity index (χ2n) is 5.20. The summed E-state index contributed by atoms with van der Waals surface area (Å²) in [6.07, 6.45) is 0.824. The van der Waals surface area contributed by atoms with Crippen molar-refractivity contribution in [3.8, 4) is 0 Å². The van der Waals surface area contributed by atoms with E-state index in [1.54, 1.807) is 12.1 Å². The Morgan fingerprint density at radius 2 is 2.00 bits per heavy atom. The van der Waals surface area contributed by atoms with Crippen molar-refractivity contribution in [3.05, 3.63) is 58.9 Å². The van der Waals surface area contributed by atoms with E-state index in [1.807, 2.05) is 23.1 Å². The molecule has 0 radical (unpaired) electrons. The molecule has 1 amide bonds. The molecule has 0 aromatic heterocycles. The van der Waals surface area contributed by atoms with Crippen LogP contribution in [-0.4, -0.2) is 12.5 Å². The van der Waals surface area contributed by atoms with Crippen molar-refractivity contribution in [2.45, 2.75) is 13.0 Å². The summed E-state index contributed by atoms with van der Waals surface area (Å²) in [7, 11) is 0. The van der Waals surface area contributed by atoms with Gasteiger partial charge in [-0.2, -0.15) is 0 Å². The maximum Gasteiger partial charge on any atom is 0.253 e. The number of amides is 1. The Balaban J connectivity index is 2.00. The van der Waals surface area contributed by atoms with Crippen molar-refractivity contribution in [2.24, 2.45) is 5.73 Å². The zero-order valence-electron chi connectivity index (χ0n) is 11.5. The van der Waals surface area contributed by atoms with Gasteiger partial charge in [0.15, 0.2) is 0 Å². The Labute approximate surface area is 122 Å². The molecule has 1 aliphatic heterocycles. The predicted molar refractivity (Wildman–Crippen MR) is 80.5 cm³/mol. The van der Waals surface area contributed by atoms with E-state index in [0.717, 1.165) is 12.0 Å². The largest absolute Gasteiger partial charge is 0.399 e. The van der Waals surface area contributed by atoms with Crippen LogP contribution in [0.25, 0.3) is 0 Å². The number of hydrogen-bond acceptors (Lipinski definition) is 3. The minimum atomic E-state index is -0.749. The predicted octanol–water partition coefficient (Wildman–Crippen LogP) is 2.07. The summed E-state index contributed by atoms with van der Waals surface area (Å²) in [5.74, 6) is -1.33. The molecule has 4 N–H and O–H groups in total. The van der Waals surface area contributed by atoms with Gasteiger partial charge < -0.3 is 16.4 Å². The molecule has 5 heteroatoms. The Kier molecular flexibility index (Phi) is 3.25. The lowest BCUT2D eigenvalue weighted by Gasteiger charge is -2.32. The summed E-state index contributed by atoms with van der Waals surface area (Å²) in [5.41, 5.74) is 14.6. The summed E-state index contributed by atoms with van der Waals surface area (Å²) in [6.45, 7) is 1.30. The molecule has 3 rings (SSSR count). The molecular formula is C16H16FN3O. The van der Waals surface area contributed by atoms with E-state index in [9.17, 15) is 9.18 Å². The van der Waals surface area contributed by atoms with Gasteiger partial charge in [-0.25, -0.2) is 4.39 Å². The SMILES string of the molecule is NC(=O)c1c(F)cccc1N1CCc2ccc(N)cc2C1. The van der Waals surface area contributed by atoms with Crippen LogP contribution in [0, 0.1) is 5.82 Å². The summed E-state index contributed by atoms with van der Waals surface area (Å²) in [5, 5.41) is 0. The number of halogens is 1. The highest BCUT2D eigenvalue weighted by Gasteiger charge is 2.22. The Bertz CT molecular complexity index is 715. The molecule has 4 nitrogen and oxygen atoms in total. The van der Waals surface area contributed by atoms with Crippen LogP contribution >= 0.6 is 0 Å². The van der Waals surface area contributed by atoms with Crippen LogP contribution in [0.3, 0.4) is 0 Å². The van der Waals surface area contributed by atoms with E-state index >= 15 is 0 Å². The quantitative estimate of drug-likeness (QED) is 0.830. The van der Waals surface area contributed by atoms with Crippen molar-refractivity contribution in [2.75, 3.05) is 17.2 Å². The van der Waals surface area contributed by atoms with Crippen LogP contribution in [0.1, 0.15) is 21.5 Å². The molecule has 1 heterocycles. The molecule has 0 bridgehead atoms.